The van der Waals surface area contributed by atoms with E-state index in [2.05, 4.69) is 5.32 Å². The molecule has 2 atom stereocenters. The maximum absolute atomic E-state index is 12.9. The molecular weight excluding hydrogens is 350 g/mol. The maximum Gasteiger partial charge on any atom is 0.235 e. The smallest absolute Gasteiger partial charge is 0.235 e. The van der Waals surface area contributed by atoms with Crippen molar-refractivity contribution in [1.29, 1.82) is 0 Å². The van der Waals surface area contributed by atoms with Crippen LogP contribution in [0.5, 0.6) is 0 Å². The average molecular weight is 372 g/mol. The summed E-state index contributed by atoms with van der Waals surface area (Å²) in [5.41, 5.74) is 3.59. The SMILES string of the molecule is Cc1cc(-c2ccc(Cl)cc2)cc(C)c1C1C(=O)NC(C)(CCO)C1=O. The molecule has 1 heterocycles. The lowest BCUT2D eigenvalue weighted by atomic mass is 9.82. The van der Waals surface area contributed by atoms with Crippen LogP contribution in [0.2, 0.25) is 5.02 Å². The van der Waals surface area contributed by atoms with E-state index in [1.165, 1.54) is 0 Å². The summed E-state index contributed by atoms with van der Waals surface area (Å²) in [6.07, 6.45) is 0.217. The van der Waals surface area contributed by atoms with Gasteiger partial charge in [-0.05, 0) is 60.7 Å². The van der Waals surface area contributed by atoms with Crippen molar-refractivity contribution in [1.82, 2.24) is 5.32 Å². The Morgan fingerprint density at radius 1 is 1.08 bits per heavy atom. The lowest BCUT2D eigenvalue weighted by Gasteiger charge is -2.21. The number of aryl methyl sites for hydroxylation is 2. The molecule has 0 spiro atoms. The molecule has 1 aliphatic heterocycles. The van der Waals surface area contributed by atoms with Gasteiger partial charge in [0.25, 0.3) is 0 Å². The van der Waals surface area contributed by atoms with Crippen molar-refractivity contribution in [3.63, 3.8) is 0 Å². The Bertz CT molecular complexity index is 852. The molecular formula is C21H22ClNO3. The highest BCUT2D eigenvalue weighted by molar-refractivity contribution is 6.30. The van der Waals surface area contributed by atoms with Crippen molar-refractivity contribution in [3.05, 3.63) is 58.1 Å². The van der Waals surface area contributed by atoms with E-state index in [1.54, 1.807) is 6.92 Å². The fraction of sp³-hybridized carbons (Fsp3) is 0.333. The molecule has 2 aromatic rings. The first-order chi connectivity index (χ1) is 12.3. The molecule has 1 amide bonds. The van der Waals surface area contributed by atoms with Gasteiger partial charge in [0.05, 0.1) is 5.54 Å². The van der Waals surface area contributed by atoms with Crippen molar-refractivity contribution in [2.75, 3.05) is 6.61 Å². The van der Waals surface area contributed by atoms with Crippen LogP contribution in [0, 0.1) is 13.8 Å². The van der Waals surface area contributed by atoms with E-state index >= 15 is 0 Å². The highest BCUT2D eigenvalue weighted by Crippen LogP contribution is 2.36. The minimum atomic E-state index is -1.01. The molecule has 3 rings (SSSR count). The monoisotopic (exact) mass is 371 g/mol. The molecule has 1 aliphatic rings. The Kier molecular flexibility index (Phi) is 4.91. The fourth-order valence-corrected chi connectivity index (χ4v) is 3.88. The second-order valence-electron chi connectivity index (χ2n) is 7.12. The normalized spacial score (nSPS) is 22.6. The van der Waals surface area contributed by atoms with E-state index in [0.717, 1.165) is 27.8 Å². The Labute approximate surface area is 158 Å². The van der Waals surface area contributed by atoms with Gasteiger partial charge in [-0.1, -0.05) is 35.9 Å². The topological polar surface area (TPSA) is 66.4 Å². The number of nitrogens with one attached hydrogen (secondary N) is 1. The summed E-state index contributed by atoms with van der Waals surface area (Å²) < 4.78 is 0. The quantitative estimate of drug-likeness (QED) is 0.808. The third-order valence-electron chi connectivity index (χ3n) is 5.14. The summed E-state index contributed by atoms with van der Waals surface area (Å²) in [5, 5.41) is 12.7. The van der Waals surface area contributed by atoms with E-state index in [0.29, 0.717) is 5.02 Å². The lowest BCUT2D eigenvalue weighted by molar-refractivity contribution is -0.125. The second-order valence-corrected chi connectivity index (χ2v) is 7.56. The minimum Gasteiger partial charge on any atom is -0.396 e. The Morgan fingerprint density at radius 2 is 1.65 bits per heavy atom. The molecule has 4 nitrogen and oxygen atoms in total. The van der Waals surface area contributed by atoms with E-state index < -0.39 is 11.5 Å². The van der Waals surface area contributed by atoms with Gasteiger partial charge in [0.1, 0.15) is 5.92 Å². The number of benzene rings is 2. The van der Waals surface area contributed by atoms with Gasteiger partial charge in [-0.3, -0.25) is 9.59 Å². The van der Waals surface area contributed by atoms with Crippen LogP contribution in [0.15, 0.2) is 36.4 Å². The number of carbonyl (C=O) groups is 2. The molecule has 0 aromatic heterocycles. The van der Waals surface area contributed by atoms with E-state index in [-0.39, 0.29) is 24.7 Å². The van der Waals surface area contributed by atoms with Crippen LogP contribution < -0.4 is 5.32 Å². The largest absolute Gasteiger partial charge is 0.396 e. The van der Waals surface area contributed by atoms with E-state index in [1.807, 2.05) is 50.2 Å². The highest BCUT2D eigenvalue weighted by atomic mass is 35.5. The molecule has 1 fully saturated rings. The number of rotatable bonds is 4. The van der Waals surface area contributed by atoms with Crippen LogP contribution in [0.3, 0.4) is 0 Å². The van der Waals surface area contributed by atoms with E-state index in [9.17, 15) is 14.7 Å². The first-order valence-electron chi connectivity index (χ1n) is 8.61. The number of aliphatic hydroxyl groups is 1. The van der Waals surface area contributed by atoms with Crippen molar-refractivity contribution in [2.45, 2.75) is 38.6 Å². The third-order valence-corrected chi connectivity index (χ3v) is 5.39. The van der Waals surface area contributed by atoms with Crippen LogP contribution in [0.25, 0.3) is 11.1 Å². The van der Waals surface area contributed by atoms with Crippen LogP contribution in [0.4, 0.5) is 0 Å². The summed E-state index contributed by atoms with van der Waals surface area (Å²) in [5.74, 6) is -1.30. The molecule has 5 heteroatoms. The van der Waals surface area contributed by atoms with Gasteiger partial charge >= 0.3 is 0 Å². The van der Waals surface area contributed by atoms with Crippen LogP contribution in [-0.4, -0.2) is 28.9 Å². The molecule has 0 saturated carbocycles. The Balaban J connectivity index is 2.03. The molecule has 0 radical (unpaired) electrons. The summed E-state index contributed by atoms with van der Waals surface area (Å²) >= 11 is 5.96. The number of hydrogen-bond donors (Lipinski definition) is 2. The number of hydrogen-bond acceptors (Lipinski definition) is 3. The number of carbonyl (C=O) groups excluding carboxylic acids is 2. The maximum atomic E-state index is 12.9. The second kappa shape index (κ2) is 6.86. The summed E-state index contributed by atoms with van der Waals surface area (Å²) in [7, 11) is 0. The van der Waals surface area contributed by atoms with Gasteiger partial charge in [-0.2, -0.15) is 0 Å². The van der Waals surface area contributed by atoms with Gasteiger partial charge in [0, 0.05) is 18.1 Å². The number of halogens is 1. The predicted octanol–water partition coefficient (Wildman–Crippen LogP) is 3.55. The fourth-order valence-electron chi connectivity index (χ4n) is 3.75. The predicted molar refractivity (Wildman–Crippen MR) is 102 cm³/mol. The highest BCUT2D eigenvalue weighted by Gasteiger charge is 2.50. The lowest BCUT2D eigenvalue weighted by Crippen LogP contribution is -2.44. The zero-order valence-electron chi connectivity index (χ0n) is 15.1. The average Bonchev–Trinajstić information content (AvgIpc) is 2.78. The van der Waals surface area contributed by atoms with Crippen molar-refractivity contribution in [2.24, 2.45) is 0 Å². The molecule has 136 valence electrons. The number of amides is 1. The van der Waals surface area contributed by atoms with Crippen LogP contribution in [-0.2, 0) is 9.59 Å². The minimum absolute atomic E-state index is 0.150. The van der Waals surface area contributed by atoms with Gasteiger partial charge in [0.15, 0.2) is 5.78 Å². The molecule has 0 bridgehead atoms. The summed E-state index contributed by atoms with van der Waals surface area (Å²) in [6.45, 7) is 5.37. The van der Waals surface area contributed by atoms with Gasteiger partial charge in [-0.25, -0.2) is 0 Å². The molecule has 2 aromatic carbocycles. The molecule has 2 unspecified atom stereocenters. The summed E-state index contributed by atoms with van der Waals surface area (Å²) in [6, 6.07) is 11.6. The first-order valence-corrected chi connectivity index (χ1v) is 8.99. The van der Waals surface area contributed by atoms with Gasteiger partial charge in [-0.15, -0.1) is 0 Å². The summed E-state index contributed by atoms with van der Waals surface area (Å²) in [4.78, 5) is 25.5. The Morgan fingerprint density at radius 3 is 2.19 bits per heavy atom. The third kappa shape index (κ3) is 3.15. The number of ketones is 1. The first kappa shape index (κ1) is 18.6. The zero-order valence-corrected chi connectivity index (χ0v) is 15.9. The number of aliphatic hydroxyl groups excluding tert-OH is 1. The molecule has 26 heavy (non-hydrogen) atoms. The molecule has 0 aliphatic carbocycles. The molecule has 1 saturated heterocycles. The number of Topliss-reactive ketones (excluding diaryl/α,β-unsaturated/α-hetero) is 1. The standard InChI is InChI=1S/C21H22ClNO3/c1-12-10-15(14-4-6-16(22)7-5-14)11-13(2)17(12)18-19(25)21(3,8-9-24)23-20(18)26/h4-7,10-11,18,24H,8-9H2,1-3H3,(H,23,26). The van der Waals surface area contributed by atoms with Gasteiger partial charge < -0.3 is 10.4 Å². The van der Waals surface area contributed by atoms with Crippen molar-refractivity contribution >= 4 is 23.3 Å². The van der Waals surface area contributed by atoms with Gasteiger partial charge in [0.2, 0.25) is 5.91 Å². The molecule has 2 N–H and O–H groups in total. The van der Waals surface area contributed by atoms with Crippen molar-refractivity contribution < 1.29 is 14.7 Å². The van der Waals surface area contributed by atoms with Crippen LogP contribution in [0.1, 0.15) is 36.0 Å². The van der Waals surface area contributed by atoms with Crippen LogP contribution >= 0.6 is 11.6 Å². The Hall–Kier alpha value is -2.17. The zero-order chi connectivity index (χ0) is 19.1. The van der Waals surface area contributed by atoms with E-state index in [4.69, 9.17) is 11.6 Å². The van der Waals surface area contributed by atoms with Crippen molar-refractivity contribution in [3.8, 4) is 11.1 Å².